The third-order valence-corrected chi connectivity index (χ3v) is 6.99. The van der Waals surface area contributed by atoms with Crippen molar-refractivity contribution in [2.24, 2.45) is 10.9 Å². The number of fused-ring (bicyclic) bond motifs is 3. The molecule has 1 spiro atoms. The van der Waals surface area contributed by atoms with E-state index in [-0.39, 0.29) is 5.60 Å². The Kier molecular flexibility index (Phi) is 3.04. The van der Waals surface area contributed by atoms with Crippen LogP contribution in [0, 0.1) is 12.8 Å². The van der Waals surface area contributed by atoms with Crippen LogP contribution in [0.4, 0.5) is 5.13 Å². The van der Waals surface area contributed by atoms with E-state index in [0.717, 1.165) is 28.1 Å². The molecule has 3 fully saturated rings. The quantitative estimate of drug-likeness (QED) is 0.807. The molecule has 1 atom stereocenters. The minimum atomic E-state index is -0.0832. The molecule has 4 aliphatic rings. The summed E-state index contributed by atoms with van der Waals surface area (Å²) < 4.78 is 8.75. The zero-order valence-corrected chi connectivity index (χ0v) is 15.0. The Labute approximate surface area is 146 Å². The Balaban J connectivity index is 1.36. The average molecular weight is 341 g/mol. The van der Waals surface area contributed by atoms with E-state index in [1.807, 2.05) is 0 Å². The van der Waals surface area contributed by atoms with Crippen molar-refractivity contribution in [2.45, 2.75) is 25.4 Å². The van der Waals surface area contributed by atoms with Gasteiger partial charge in [-0.15, -0.1) is 0 Å². The molecule has 2 bridgehead atoms. The van der Waals surface area contributed by atoms with Crippen LogP contribution in [0.15, 0.2) is 23.2 Å². The monoisotopic (exact) mass is 341 g/mol. The lowest BCUT2D eigenvalue weighted by atomic mass is 9.72. The van der Waals surface area contributed by atoms with E-state index >= 15 is 0 Å². The highest BCUT2D eigenvalue weighted by Gasteiger charge is 2.57. The van der Waals surface area contributed by atoms with Crippen molar-refractivity contribution in [1.82, 2.24) is 4.98 Å². The van der Waals surface area contributed by atoms with Gasteiger partial charge in [0.25, 0.3) is 6.02 Å². The number of hydrogen-bond donors (Lipinski definition) is 1. The van der Waals surface area contributed by atoms with Crippen molar-refractivity contribution in [3.05, 3.63) is 23.8 Å². The van der Waals surface area contributed by atoms with Crippen LogP contribution in [0.3, 0.4) is 0 Å². The molecular weight excluding hydrogens is 319 g/mol. The maximum absolute atomic E-state index is 6.41. The normalized spacial score (nSPS) is 34.5. The fourth-order valence-electron chi connectivity index (χ4n) is 4.70. The molecule has 24 heavy (non-hydrogen) atoms. The number of piperidine rings is 3. The molecule has 0 saturated carbocycles. The van der Waals surface area contributed by atoms with Gasteiger partial charge in [0.05, 0.1) is 29.9 Å². The lowest BCUT2D eigenvalue weighted by Crippen LogP contribution is -2.69. The van der Waals surface area contributed by atoms with Crippen molar-refractivity contribution in [1.29, 1.82) is 0 Å². The van der Waals surface area contributed by atoms with Crippen molar-refractivity contribution in [3.8, 4) is 0 Å². The first-order valence-electron chi connectivity index (χ1n) is 8.76. The first-order valence-corrected chi connectivity index (χ1v) is 9.57. The number of hydrogen-bond acceptors (Lipinski definition) is 5. The van der Waals surface area contributed by atoms with Crippen LogP contribution in [0.1, 0.15) is 18.4 Å². The van der Waals surface area contributed by atoms with Crippen LogP contribution in [-0.2, 0) is 4.74 Å². The summed E-state index contributed by atoms with van der Waals surface area (Å²) >= 11 is 1.66. The van der Waals surface area contributed by atoms with Gasteiger partial charge >= 0.3 is 7.98 Å². The highest BCUT2D eigenvalue weighted by atomic mass is 32.1. The van der Waals surface area contributed by atoms with Gasteiger partial charge in [0.2, 0.25) is 0 Å². The number of anilines is 1. The second-order valence-corrected chi connectivity index (χ2v) is 8.88. The van der Waals surface area contributed by atoms with Crippen LogP contribution < -0.4 is 5.32 Å². The van der Waals surface area contributed by atoms with Crippen LogP contribution in [0.5, 0.6) is 0 Å². The topological polar surface area (TPSA) is 46.5 Å². The molecule has 1 unspecified atom stereocenters. The highest BCUT2D eigenvalue weighted by molar-refractivity contribution is 7.22. The molecule has 124 valence electrons. The molecule has 0 amide bonds. The Hall–Kier alpha value is -1.60. The summed E-state index contributed by atoms with van der Waals surface area (Å²) in [5, 5.41) is 4.20. The zero-order valence-electron chi connectivity index (χ0n) is 14.2. The second kappa shape index (κ2) is 4.96. The third-order valence-electron chi connectivity index (χ3n) is 6.05. The average Bonchev–Trinajstić information content (AvgIpc) is 3.13. The molecule has 0 aliphatic carbocycles. The lowest BCUT2D eigenvalue weighted by molar-refractivity contribution is -0.845. The van der Waals surface area contributed by atoms with Gasteiger partial charge in [-0.05, 0) is 18.6 Å². The number of aryl methyl sites for hydroxylation is 1. The SMILES string of the molecule is B[N+]12CCC(CC1)C1(CN=C(Nc3nc4c(C)cccc4s3)O1)C2. The van der Waals surface area contributed by atoms with E-state index < -0.39 is 0 Å². The van der Waals surface area contributed by atoms with Gasteiger partial charge in [0, 0.05) is 18.8 Å². The number of nitrogens with zero attached hydrogens (tertiary/aromatic N) is 3. The zero-order chi connectivity index (χ0) is 16.4. The van der Waals surface area contributed by atoms with Crippen LogP contribution in [0.25, 0.3) is 10.2 Å². The van der Waals surface area contributed by atoms with E-state index in [1.165, 1.54) is 36.2 Å². The summed E-state index contributed by atoms with van der Waals surface area (Å²) in [6.45, 7) is 6.55. The largest absolute Gasteiger partial charge is 0.450 e. The number of nitrogens with one attached hydrogen (secondary N) is 1. The summed E-state index contributed by atoms with van der Waals surface area (Å²) in [5.74, 6) is 0.651. The molecule has 5 heterocycles. The van der Waals surface area contributed by atoms with Crippen molar-refractivity contribution < 1.29 is 9.13 Å². The van der Waals surface area contributed by atoms with Gasteiger partial charge in [-0.25, -0.2) is 9.98 Å². The molecule has 3 saturated heterocycles. The van der Waals surface area contributed by atoms with Gasteiger partial charge in [-0.3, -0.25) is 5.32 Å². The molecule has 1 N–H and O–H groups in total. The summed E-state index contributed by atoms with van der Waals surface area (Å²) in [4.78, 5) is 9.40. The fourth-order valence-corrected chi connectivity index (χ4v) is 5.64. The Morgan fingerprint density at radius 3 is 2.96 bits per heavy atom. The molecule has 7 heteroatoms. The predicted octanol–water partition coefficient (Wildman–Crippen LogP) is 1.93. The first kappa shape index (κ1) is 14.7. The van der Waals surface area contributed by atoms with Crippen LogP contribution in [-0.4, -0.2) is 55.2 Å². The predicted molar refractivity (Wildman–Crippen MR) is 100 cm³/mol. The van der Waals surface area contributed by atoms with E-state index in [4.69, 9.17) is 14.7 Å². The molecule has 0 radical (unpaired) electrons. The minimum Gasteiger partial charge on any atom is -0.450 e. The van der Waals surface area contributed by atoms with Gasteiger partial charge in [-0.2, -0.15) is 0 Å². The summed E-state index contributed by atoms with van der Waals surface area (Å²) in [6, 6.07) is 6.95. The molecule has 1 aromatic carbocycles. The summed E-state index contributed by atoms with van der Waals surface area (Å²) in [5.41, 5.74) is 2.19. The Morgan fingerprint density at radius 2 is 2.21 bits per heavy atom. The molecule has 4 aliphatic heterocycles. The van der Waals surface area contributed by atoms with Gasteiger partial charge < -0.3 is 9.13 Å². The van der Waals surface area contributed by atoms with Crippen molar-refractivity contribution >= 4 is 40.7 Å². The standard InChI is InChI=1S/C17H22BN4OS/c1-11-3-2-4-13-14(11)20-16(24-13)21-15-19-9-17(23-15)10-22(18)7-5-12(17)6-8-22/h2-4,12H,5-10,18H2,1H3,(H,19,20,21)/q+1. The molecule has 1 aromatic heterocycles. The van der Waals surface area contributed by atoms with Gasteiger partial charge in [-0.1, -0.05) is 23.5 Å². The van der Waals surface area contributed by atoms with Crippen LogP contribution in [0.2, 0.25) is 0 Å². The smallest absolute Gasteiger partial charge is 0.373 e. The Morgan fingerprint density at radius 1 is 1.38 bits per heavy atom. The van der Waals surface area contributed by atoms with E-state index in [9.17, 15) is 0 Å². The second-order valence-electron chi connectivity index (χ2n) is 7.85. The van der Waals surface area contributed by atoms with Crippen LogP contribution >= 0.6 is 11.3 Å². The number of thiazole rings is 1. The Bertz CT molecular complexity index is 842. The van der Waals surface area contributed by atoms with E-state index in [0.29, 0.717) is 11.9 Å². The number of para-hydroxylation sites is 1. The summed E-state index contributed by atoms with van der Waals surface area (Å²) in [6.07, 6.45) is 2.53. The van der Waals surface area contributed by atoms with E-state index in [2.05, 4.69) is 38.4 Å². The third kappa shape index (κ3) is 2.18. The fraction of sp³-hybridized carbons (Fsp3) is 0.529. The number of aliphatic imine (C=N–C) groups is 1. The van der Waals surface area contributed by atoms with Crippen molar-refractivity contribution in [2.75, 3.05) is 31.5 Å². The van der Waals surface area contributed by atoms with E-state index in [1.54, 1.807) is 11.3 Å². The molecular formula is C17H22BN4OS+. The van der Waals surface area contributed by atoms with Gasteiger partial charge in [0.15, 0.2) is 10.7 Å². The minimum absolute atomic E-state index is 0.0832. The summed E-state index contributed by atoms with van der Waals surface area (Å²) in [7, 11) is 2.36. The maximum atomic E-state index is 6.41. The molecule has 5 nitrogen and oxygen atoms in total. The highest BCUT2D eigenvalue weighted by Crippen LogP contribution is 2.43. The number of rotatable bonds is 1. The maximum Gasteiger partial charge on any atom is 0.373 e. The number of ether oxygens (including phenoxy) is 1. The molecule has 6 rings (SSSR count). The van der Waals surface area contributed by atoms with Gasteiger partial charge in [0.1, 0.15) is 6.54 Å². The first-order chi connectivity index (χ1) is 11.6. The number of aromatic nitrogens is 1. The molecule has 2 aromatic rings. The number of amidine groups is 1. The van der Waals surface area contributed by atoms with Crippen molar-refractivity contribution in [3.63, 3.8) is 0 Å². The lowest BCUT2D eigenvalue weighted by Gasteiger charge is -2.55. The number of quaternary nitrogens is 1. The number of benzene rings is 1.